The predicted molar refractivity (Wildman–Crippen MR) is 41.6 cm³/mol. The van der Waals surface area contributed by atoms with Crippen molar-refractivity contribution in [2.75, 3.05) is 0 Å². The molecule has 0 fully saturated rings. The van der Waals surface area contributed by atoms with Crippen LogP contribution in [0, 0.1) is 6.92 Å². The summed E-state index contributed by atoms with van der Waals surface area (Å²) in [6.45, 7) is 1.77. The van der Waals surface area contributed by atoms with E-state index >= 15 is 0 Å². The van der Waals surface area contributed by atoms with E-state index in [1.807, 2.05) is 0 Å². The lowest BCUT2D eigenvalue weighted by molar-refractivity contribution is -0.117. The summed E-state index contributed by atoms with van der Waals surface area (Å²) in [5.41, 5.74) is 0.499. The van der Waals surface area contributed by atoms with Crippen molar-refractivity contribution in [3.05, 3.63) is 22.7 Å². The van der Waals surface area contributed by atoms with Crippen LogP contribution in [0.5, 0.6) is 0 Å². The maximum Gasteiger partial charge on any atom is 0.251 e. The quantitative estimate of drug-likeness (QED) is 0.496. The Hall–Kier alpha value is -1.58. The van der Waals surface area contributed by atoms with Gasteiger partial charge < -0.3 is 0 Å². The number of amides is 1. The Balaban J connectivity index is 2.81. The fourth-order valence-electron chi connectivity index (χ4n) is 1.06. The van der Waals surface area contributed by atoms with Crippen molar-refractivity contribution in [2.24, 2.45) is 4.99 Å². The molecule has 0 aromatic carbocycles. The van der Waals surface area contributed by atoms with Crippen molar-refractivity contribution in [1.82, 2.24) is 9.97 Å². The molecule has 1 aromatic heterocycles. The Bertz CT molecular complexity index is 450. The molecule has 60 valence electrons. The zero-order chi connectivity index (χ0) is 8.55. The number of carbonyl (C=O) groups is 1. The first-order chi connectivity index (χ1) is 5.75. The van der Waals surface area contributed by atoms with E-state index in [2.05, 4.69) is 15.0 Å². The minimum atomic E-state index is -0.138. The monoisotopic (exact) mass is 161 g/mol. The molecule has 0 unspecified atom stereocenters. The van der Waals surface area contributed by atoms with Crippen molar-refractivity contribution >= 4 is 12.0 Å². The molecule has 0 atom stereocenters. The average molecular weight is 161 g/mol. The van der Waals surface area contributed by atoms with Crippen LogP contribution in [0.15, 0.2) is 11.2 Å². The van der Waals surface area contributed by atoms with Gasteiger partial charge in [0.2, 0.25) is 0 Å². The molecule has 4 nitrogen and oxygen atoms in total. The van der Waals surface area contributed by atoms with Crippen molar-refractivity contribution < 1.29 is 4.79 Å². The molecule has 1 aliphatic heterocycles. The number of aryl methyl sites for hydroxylation is 1. The first-order valence-corrected chi connectivity index (χ1v) is 3.67. The lowest BCUT2D eigenvalue weighted by Crippen LogP contribution is -2.33. The second-order valence-corrected chi connectivity index (χ2v) is 2.61. The fraction of sp³-hybridized carbons (Fsp3) is 0.250. The zero-order valence-electron chi connectivity index (χ0n) is 6.61. The van der Waals surface area contributed by atoms with Crippen LogP contribution >= 0.6 is 0 Å². The number of nitrogens with zero attached hydrogens (tertiary/aromatic N) is 3. The standard InChI is InChI=1S/C8H7N3O/c1-5-9-4-6-2-3-7(12)11-8(6)10-5/h2,4H,3H2,1H3. The maximum atomic E-state index is 10.9. The third-order valence-electron chi connectivity index (χ3n) is 1.64. The normalized spacial score (nSPS) is 14.6. The highest BCUT2D eigenvalue weighted by molar-refractivity contribution is 5.82. The topological polar surface area (TPSA) is 55.2 Å². The van der Waals surface area contributed by atoms with Gasteiger partial charge in [0.05, 0.1) is 0 Å². The summed E-state index contributed by atoms with van der Waals surface area (Å²) < 4.78 is 0. The molecule has 12 heavy (non-hydrogen) atoms. The predicted octanol–water partition coefficient (Wildman–Crippen LogP) is -0.885. The molecule has 0 N–H and O–H groups in total. The minimum absolute atomic E-state index is 0.138. The lowest BCUT2D eigenvalue weighted by atomic mass is 10.3. The first-order valence-electron chi connectivity index (χ1n) is 3.67. The van der Waals surface area contributed by atoms with E-state index in [0.29, 0.717) is 17.7 Å². The summed E-state index contributed by atoms with van der Waals surface area (Å²) in [5, 5.41) is 0.847. The van der Waals surface area contributed by atoms with E-state index in [1.165, 1.54) is 0 Å². The van der Waals surface area contributed by atoms with Crippen LogP contribution in [-0.4, -0.2) is 15.9 Å². The van der Waals surface area contributed by atoms with Crippen LogP contribution < -0.4 is 10.7 Å². The number of aromatic nitrogens is 2. The van der Waals surface area contributed by atoms with Crippen molar-refractivity contribution in [2.45, 2.75) is 13.3 Å². The van der Waals surface area contributed by atoms with Crippen LogP contribution in [0.2, 0.25) is 0 Å². The molecule has 0 radical (unpaired) electrons. The van der Waals surface area contributed by atoms with Crippen molar-refractivity contribution in [3.63, 3.8) is 0 Å². The van der Waals surface area contributed by atoms with E-state index < -0.39 is 0 Å². The van der Waals surface area contributed by atoms with Gasteiger partial charge in [-0.1, -0.05) is 6.08 Å². The van der Waals surface area contributed by atoms with Gasteiger partial charge in [0.25, 0.3) is 5.91 Å². The maximum absolute atomic E-state index is 10.9. The van der Waals surface area contributed by atoms with Gasteiger partial charge >= 0.3 is 0 Å². The van der Waals surface area contributed by atoms with Gasteiger partial charge in [-0.15, -0.1) is 0 Å². The SMILES string of the molecule is Cc1ncc2c(n1)=NC(=O)CC=2. The Morgan fingerprint density at radius 2 is 2.33 bits per heavy atom. The molecule has 0 saturated carbocycles. The Morgan fingerprint density at radius 1 is 1.50 bits per heavy atom. The second kappa shape index (κ2) is 2.48. The first kappa shape index (κ1) is 7.09. The molecule has 4 heteroatoms. The molecule has 2 rings (SSSR count). The van der Waals surface area contributed by atoms with Crippen LogP contribution in [0.4, 0.5) is 0 Å². The van der Waals surface area contributed by atoms with E-state index in [1.54, 1.807) is 19.2 Å². The van der Waals surface area contributed by atoms with Crippen LogP contribution in [0.3, 0.4) is 0 Å². The number of hydrogen-bond donors (Lipinski definition) is 0. The zero-order valence-corrected chi connectivity index (χ0v) is 6.61. The van der Waals surface area contributed by atoms with E-state index in [0.717, 1.165) is 5.22 Å². The highest BCUT2D eigenvalue weighted by atomic mass is 16.1. The van der Waals surface area contributed by atoms with Crippen molar-refractivity contribution in [1.29, 1.82) is 0 Å². The average Bonchev–Trinajstić information content (AvgIpc) is 2.03. The lowest BCUT2D eigenvalue weighted by Gasteiger charge is -1.96. The number of hydrogen-bond acceptors (Lipinski definition) is 3. The van der Waals surface area contributed by atoms with Crippen molar-refractivity contribution in [3.8, 4) is 0 Å². The number of carbonyl (C=O) groups excluding carboxylic acids is 1. The van der Waals surface area contributed by atoms with Gasteiger partial charge in [0.1, 0.15) is 5.82 Å². The van der Waals surface area contributed by atoms with E-state index in [9.17, 15) is 4.79 Å². The molecule has 0 saturated heterocycles. The minimum Gasteiger partial charge on any atom is -0.272 e. The molecular formula is C8H7N3O. The van der Waals surface area contributed by atoms with Gasteiger partial charge in [0.15, 0.2) is 5.49 Å². The molecule has 1 amide bonds. The third kappa shape index (κ3) is 1.11. The van der Waals surface area contributed by atoms with Crippen LogP contribution in [0.25, 0.3) is 6.08 Å². The van der Waals surface area contributed by atoms with Gasteiger partial charge in [-0.2, -0.15) is 4.99 Å². The Labute approximate surface area is 68.7 Å². The summed E-state index contributed by atoms with van der Waals surface area (Å²) in [7, 11) is 0. The highest BCUT2D eigenvalue weighted by Crippen LogP contribution is 1.87. The smallest absolute Gasteiger partial charge is 0.251 e. The van der Waals surface area contributed by atoms with Crippen LogP contribution in [-0.2, 0) is 4.79 Å². The van der Waals surface area contributed by atoms with Gasteiger partial charge in [-0.25, -0.2) is 9.97 Å². The third-order valence-corrected chi connectivity index (χ3v) is 1.64. The highest BCUT2D eigenvalue weighted by Gasteiger charge is 2.03. The van der Waals surface area contributed by atoms with Gasteiger partial charge in [0, 0.05) is 17.8 Å². The van der Waals surface area contributed by atoms with E-state index in [4.69, 9.17) is 0 Å². The fourth-order valence-corrected chi connectivity index (χ4v) is 1.06. The molecule has 0 bridgehead atoms. The van der Waals surface area contributed by atoms with E-state index in [-0.39, 0.29) is 5.91 Å². The summed E-state index contributed by atoms with van der Waals surface area (Å²) in [4.78, 5) is 22.7. The molecule has 1 aliphatic rings. The number of rotatable bonds is 0. The summed E-state index contributed by atoms with van der Waals surface area (Å²) in [6.07, 6.45) is 3.84. The van der Waals surface area contributed by atoms with Gasteiger partial charge in [-0.05, 0) is 6.92 Å². The Kier molecular flexibility index (Phi) is 1.46. The molecule has 0 aliphatic carbocycles. The summed E-state index contributed by atoms with van der Waals surface area (Å²) >= 11 is 0. The van der Waals surface area contributed by atoms with Crippen LogP contribution in [0.1, 0.15) is 12.2 Å². The summed E-state index contributed by atoms with van der Waals surface area (Å²) in [6, 6.07) is 0. The summed E-state index contributed by atoms with van der Waals surface area (Å²) in [5.74, 6) is 0.501. The Morgan fingerprint density at radius 3 is 3.17 bits per heavy atom. The largest absolute Gasteiger partial charge is 0.272 e. The van der Waals surface area contributed by atoms with Gasteiger partial charge in [-0.3, -0.25) is 4.79 Å². The number of fused-ring (bicyclic) bond motifs is 1. The molecule has 2 heterocycles. The second-order valence-electron chi connectivity index (χ2n) is 2.61. The molecule has 0 spiro atoms. The molecular weight excluding hydrogens is 154 g/mol. The molecule has 1 aromatic rings.